The first-order chi connectivity index (χ1) is 22.0. The number of phenolic OH excluding ortho intramolecular Hbond substituents is 1. The van der Waals surface area contributed by atoms with Crippen molar-refractivity contribution >= 4 is 103 Å². The van der Waals surface area contributed by atoms with Crippen LogP contribution in [0.3, 0.4) is 0 Å². The summed E-state index contributed by atoms with van der Waals surface area (Å²) in [5, 5.41) is 27.3. The molecule has 0 atom stereocenters. The van der Waals surface area contributed by atoms with E-state index in [1.165, 1.54) is 12.3 Å². The van der Waals surface area contributed by atoms with Gasteiger partial charge in [-0.05, 0) is 59.4 Å². The lowest BCUT2D eigenvalue weighted by Gasteiger charge is -2.22. The highest BCUT2D eigenvalue weighted by atomic mass is 32.3. The molecule has 6 aromatic rings. The number of nitrogen functional groups attached to an aromatic ring is 1. The zero-order valence-corrected chi connectivity index (χ0v) is 26.3. The first-order valence-corrected chi connectivity index (χ1v) is 17.8. The van der Waals surface area contributed by atoms with Gasteiger partial charge in [-0.25, -0.2) is 0 Å². The number of aromatic hydroxyl groups is 1. The number of benzene rings is 4. The van der Waals surface area contributed by atoms with Gasteiger partial charge >= 0.3 is 0 Å². The summed E-state index contributed by atoms with van der Waals surface area (Å²) >= 11 is 0.738. The van der Waals surface area contributed by atoms with Gasteiger partial charge in [-0.3, -0.25) is 14.1 Å². The Labute approximate surface area is 269 Å². The smallest absolute Gasteiger partial charge is 0.296 e. The normalized spacial score (nSPS) is 13.5. The molecular weight excluding hydrogens is 699 g/mol. The number of fused-ring (bicyclic) bond motifs is 3. The van der Waals surface area contributed by atoms with Crippen molar-refractivity contribution < 1.29 is 44.7 Å². The maximum atomic E-state index is 12.4. The molecular formula is C26H19N7O10S4. The number of hydrogen-bond donors (Lipinski definition) is 7. The summed E-state index contributed by atoms with van der Waals surface area (Å²) in [6.45, 7) is 0. The molecule has 0 bridgehead atoms. The van der Waals surface area contributed by atoms with Crippen molar-refractivity contribution in [2.45, 2.75) is 14.7 Å². The van der Waals surface area contributed by atoms with Gasteiger partial charge < -0.3 is 24.5 Å². The number of rotatable bonds is 7. The van der Waals surface area contributed by atoms with E-state index in [1.54, 1.807) is 30.3 Å². The highest BCUT2D eigenvalue weighted by Crippen LogP contribution is 2.56. The first-order valence-electron chi connectivity index (χ1n) is 12.7. The van der Waals surface area contributed by atoms with E-state index in [9.17, 15) is 44.7 Å². The maximum absolute atomic E-state index is 12.4. The third-order valence-corrected chi connectivity index (χ3v) is 10.1. The highest BCUT2D eigenvalue weighted by Gasteiger charge is 2.29. The fourth-order valence-corrected chi connectivity index (χ4v) is 7.17. The third kappa shape index (κ3) is 6.09. The summed E-state index contributed by atoms with van der Waals surface area (Å²) < 4.78 is 102. The van der Waals surface area contributed by atoms with E-state index in [2.05, 4.69) is 29.8 Å². The Bertz CT molecular complexity index is 2540. The van der Waals surface area contributed by atoms with Crippen molar-refractivity contribution in [2.75, 3.05) is 5.73 Å². The van der Waals surface area contributed by atoms with E-state index in [0.717, 1.165) is 35.8 Å². The number of para-hydroxylation sites is 1. The zero-order valence-electron chi connectivity index (χ0n) is 23.1. The predicted molar refractivity (Wildman–Crippen MR) is 173 cm³/mol. The first kappa shape index (κ1) is 32.2. The van der Waals surface area contributed by atoms with Crippen molar-refractivity contribution in [2.24, 2.45) is 20.5 Å². The fraction of sp³-hybridized carbons (Fsp3) is 0. The van der Waals surface area contributed by atoms with Gasteiger partial charge in [0.1, 0.15) is 32.8 Å². The molecule has 0 fully saturated rings. The summed E-state index contributed by atoms with van der Waals surface area (Å²) in [6.07, 6.45) is 1.51. The average Bonchev–Trinajstić information content (AvgIpc) is 3.40. The van der Waals surface area contributed by atoms with Gasteiger partial charge in [-0.15, -0.1) is 20.5 Å². The molecule has 2 aromatic heterocycles. The Balaban J connectivity index is 1.57. The van der Waals surface area contributed by atoms with E-state index >= 15 is 0 Å². The van der Waals surface area contributed by atoms with E-state index in [0.29, 0.717) is 10.9 Å². The van der Waals surface area contributed by atoms with E-state index in [-0.39, 0.29) is 32.4 Å². The quantitative estimate of drug-likeness (QED) is 0.0489. The van der Waals surface area contributed by atoms with Crippen LogP contribution in [0.4, 0.5) is 27.8 Å². The summed E-state index contributed by atoms with van der Waals surface area (Å²) in [5.41, 5.74) is 5.28. The van der Waals surface area contributed by atoms with Crippen LogP contribution in [-0.4, -0.2) is 54.1 Å². The molecule has 0 saturated carbocycles. The summed E-state index contributed by atoms with van der Waals surface area (Å²) in [6, 6.07) is 13.6. The molecule has 0 aliphatic carbocycles. The molecule has 2 heterocycles. The molecule has 0 spiro atoms. The minimum Gasteiger partial charge on any atom is -0.505 e. The molecule has 17 nitrogen and oxygen atoms in total. The van der Waals surface area contributed by atoms with Crippen molar-refractivity contribution in [1.29, 1.82) is 0 Å². The Morgan fingerprint density at radius 1 is 0.745 bits per heavy atom. The van der Waals surface area contributed by atoms with Crippen LogP contribution in [0, 0.1) is 0 Å². The van der Waals surface area contributed by atoms with Crippen LogP contribution in [0.1, 0.15) is 0 Å². The van der Waals surface area contributed by atoms with Crippen LogP contribution in [0.5, 0.6) is 5.75 Å². The zero-order chi connectivity index (χ0) is 33.9. The molecule has 242 valence electrons. The highest BCUT2D eigenvalue weighted by molar-refractivity contribution is 8.19. The molecule has 0 unspecified atom stereocenters. The predicted octanol–water partition coefficient (Wildman–Crippen LogP) is 7.19. The Hall–Kier alpha value is -4.71. The number of pyridine rings is 1. The van der Waals surface area contributed by atoms with E-state index < -0.39 is 68.6 Å². The van der Waals surface area contributed by atoms with Gasteiger partial charge in [0.25, 0.3) is 20.2 Å². The van der Waals surface area contributed by atoms with Crippen LogP contribution in [-0.2, 0) is 20.2 Å². The molecule has 0 radical (unpaired) electrons. The van der Waals surface area contributed by atoms with Crippen LogP contribution in [0.15, 0.2) is 102 Å². The molecule has 0 aliphatic rings. The molecule has 4 aromatic carbocycles. The van der Waals surface area contributed by atoms with Crippen molar-refractivity contribution in [1.82, 2.24) is 9.36 Å². The standard InChI is InChI=1S/C26H19N7O10S4/c27-21-20-13(10-19(47(41,42)43)24(25(20)34)31-29-17-5-1-3-12-4-2-8-28-22(12)17)9-18(46(38,39)40)23(21)30-32-26-15-11-14(45(35,36)37)6-7-16(15)33-44-26/h1-11,34,41-43H,27H2,(H,35,36,37)(H,38,39,40). The Kier molecular flexibility index (Phi) is 7.90. The van der Waals surface area contributed by atoms with Gasteiger partial charge in [0.2, 0.25) is 0 Å². The molecule has 21 heteroatoms. The molecule has 47 heavy (non-hydrogen) atoms. The number of hydrogen-bond acceptors (Lipinski definition) is 16. The molecule has 8 N–H and O–H groups in total. The van der Waals surface area contributed by atoms with Gasteiger partial charge in [-0.2, -0.15) is 21.2 Å². The third-order valence-electron chi connectivity index (χ3n) is 6.72. The summed E-state index contributed by atoms with van der Waals surface area (Å²) in [4.78, 5) is 2.10. The lowest BCUT2D eigenvalue weighted by atomic mass is 10.1. The average molecular weight is 718 g/mol. The second-order valence-corrected chi connectivity index (χ2v) is 14.7. The van der Waals surface area contributed by atoms with E-state index in [4.69, 9.17) is 5.73 Å². The van der Waals surface area contributed by atoms with Crippen LogP contribution < -0.4 is 5.73 Å². The number of azo groups is 2. The second kappa shape index (κ2) is 11.5. The Morgan fingerprint density at radius 2 is 1.45 bits per heavy atom. The lowest BCUT2D eigenvalue weighted by Crippen LogP contribution is -2.03. The maximum Gasteiger partial charge on any atom is 0.296 e. The van der Waals surface area contributed by atoms with Gasteiger partial charge in [0, 0.05) is 17.0 Å². The van der Waals surface area contributed by atoms with E-state index in [1.807, 2.05) is 0 Å². The number of aromatic nitrogens is 2. The van der Waals surface area contributed by atoms with Crippen molar-refractivity contribution in [3.63, 3.8) is 0 Å². The van der Waals surface area contributed by atoms with Gasteiger partial charge in [-0.1, -0.05) is 18.2 Å². The van der Waals surface area contributed by atoms with Crippen LogP contribution in [0.2, 0.25) is 0 Å². The monoisotopic (exact) mass is 717 g/mol. The van der Waals surface area contributed by atoms with Gasteiger partial charge in [0.15, 0.2) is 10.8 Å². The number of nitrogens with zero attached hydrogens (tertiary/aromatic N) is 6. The lowest BCUT2D eigenvalue weighted by molar-refractivity contribution is 0.375. The molecule has 0 saturated heterocycles. The summed E-state index contributed by atoms with van der Waals surface area (Å²) in [5.74, 6) is -0.875. The van der Waals surface area contributed by atoms with Crippen LogP contribution >= 0.6 is 22.4 Å². The second-order valence-electron chi connectivity index (χ2n) is 9.69. The Morgan fingerprint density at radius 3 is 2.15 bits per heavy atom. The SMILES string of the molecule is Nc1c(N=Nc2snc3ccc(S(=O)(=O)O)cc23)c(S(=O)(=O)O)cc2cc(S(O)(O)O)c(N=Nc3cccc4cccnc34)c(O)c12. The number of anilines is 1. The fourth-order valence-electron chi connectivity index (χ4n) is 4.62. The minimum absolute atomic E-state index is 0.0433. The topological polar surface area (TPSA) is 291 Å². The molecule has 0 aliphatic heterocycles. The van der Waals surface area contributed by atoms with Crippen molar-refractivity contribution in [3.8, 4) is 5.75 Å². The van der Waals surface area contributed by atoms with Crippen LogP contribution in [0.25, 0.3) is 32.6 Å². The van der Waals surface area contributed by atoms with Gasteiger partial charge in [0.05, 0.1) is 31.9 Å². The number of nitrogens with two attached hydrogens (primary N) is 1. The number of phenols is 1. The molecule has 0 amide bonds. The van der Waals surface area contributed by atoms with Crippen molar-refractivity contribution in [3.05, 3.63) is 66.9 Å². The summed E-state index contributed by atoms with van der Waals surface area (Å²) in [7, 11) is -14.3. The minimum atomic E-state index is -5.11. The molecule has 6 rings (SSSR count). The largest absolute Gasteiger partial charge is 0.505 e.